The minimum Gasteiger partial charge on any atom is -0.508 e. The Morgan fingerprint density at radius 3 is 2.67 bits per heavy atom. The first-order chi connectivity index (χ1) is 17.2. The molecule has 2 aliphatic heterocycles. The van der Waals surface area contributed by atoms with Crippen LogP contribution in [0.5, 0.6) is 5.75 Å². The smallest absolute Gasteiger partial charge is 0.204 e. The number of benzene rings is 1. The van der Waals surface area contributed by atoms with Gasteiger partial charge < -0.3 is 21.1 Å². The first-order valence-corrected chi connectivity index (χ1v) is 11.6. The van der Waals surface area contributed by atoms with Crippen LogP contribution in [0.4, 0.5) is 0 Å². The molecule has 36 heavy (non-hydrogen) atoms. The van der Waals surface area contributed by atoms with E-state index in [1.54, 1.807) is 18.3 Å². The summed E-state index contributed by atoms with van der Waals surface area (Å²) in [7, 11) is 0. The first-order valence-electron chi connectivity index (χ1n) is 11.6. The molecule has 2 aromatic rings. The number of nitrogens with zero attached hydrogens (tertiary/aromatic N) is 3. The SMILES string of the molecule is C=C/C=C1/CN(C2=N/C(=C(/Cc3cccc(O)c3)C(C)(C)C)NC(c3cn[nH]c3)=C2)CC1=C.NC=O. The second kappa shape index (κ2) is 11.4. The number of hydrogen-bond acceptors (Lipinski definition) is 6. The van der Waals surface area contributed by atoms with Gasteiger partial charge in [-0.15, -0.1) is 0 Å². The summed E-state index contributed by atoms with van der Waals surface area (Å²) in [6, 6.07) is 7.40. The molecule has 1 fully saturated rings. The summed E-state index contributed by atoms with van der Waals surface area (Å²) in [4.78, 5) is 15.9. The van der Waals surface area contributed by atoms with Crippen LogP contribution < -0.4 is 11.1 Å². The van der Waals surface area contributed by atoms with Crippen molar-refractivity contribution in [1.29, 1.82) is 0 Å². The highest BCUT2D eigenvalue weighted by Gasteiger charge is 2.28. The zero-order valence-electron chi connectivity index (χ0n) is 21.1. The second-order valence-electron chi connectivity index (χ2n) is 9.59. The molecule has 0 bridgehead atoms. The van der Waals surface area contributed by atoms with E-state index in [4.69, 9.17) is 9.79 Å². The number of likely N-dealkylation sites (tertiary alicyclic amines) is 1. The van der Waals surface area contributed by atoms with Gasteiger partial charge in [-0.05, 0) is 46.3 Å². The zero-order valence-corrected chi connectivity index (χ0v) is 21.1. The monoisotopic (exact) mass is 486 g/mol. The number of nitrogens with one attached hydrogen (secondary N) is 2. The third kappa shape index (κ3) is 6.41. The number of phenols is 1. The molecule has 0 atom stereocenters. The number of amidine groups is 1. The number of nitrogens with two attached hydrogens (primary N) is 1. The predicted octanol–water partition coefficient (Wildman–Crippen LogP) is 4.04. The standard InChI is InChI=1S/C27H31N5O.CH3NO/c1-6-8-20-17-32(16-18(20)2)25-13-24(21-14-28-29-15-21)30-26(31-25)23(27(3,4)5)12-19-9-7-10-22(33)11-19;2-1-3/h6-11,13-15,30,33H,1-2,12,16-17H2,3-5H3,(H,28,29);1H,(H2,2,3)/b20-8-,26-23-;. The fraction of sp³-hybridized carbons (Fsp3) is 0.250. The number of primary amides is 1. The van der Waals surface area contributed by atoms with Crippen molar-refractivity contribution < 1.29 is 9.90 Å². The van der Waals surface area contributed by atoms with Gasteiger partial charge in [0, 0.05) is 30.9 Å². The van der Waals surface area contributed by atoms with E-state index in [2.05, 4.69) is 66.2 Å². The van der Waals surface area contributed by atoms with E-state index in [0.29, 0.717) is 6.42 Å². The average molecular weight is 487 g/mol. The van der Waals surface area contributed by atoms with Gasteiger partial charge >= 0.3 is 0 Å². The Hall–Kier alpha value is -4.33. The molecule has 1 amide bonds. The summed E-state index contributed by atoms with van der Waals surface area (Å²) >= 11 is 0. The topological polar surface area (TPSA) is 120 Å². The van der Waals surface area contributed by atoms with Gasteiger partial charge in [-0.1, -0.05) is 58.2 Å². The lowest BCUT2D eigenvalue weighted by molar-refractivity contribution is -0.106. The first kappa shape index (κ1) is 26.3. The van der Waals surface area contributed by atoms with Crippen molar-refractivity contribution in [3.8, 4) is 5.75 Å². The third-order valence-electron chi connectivity index (χ3n) is 5.88. The molecule has 4 rings (SSSR count). The van der Waals surface area contributed by atoms with E-state index in [1.807, 2.05) is 30.5 Å². The van der Waals surface area contributed by atoms with Crippen molar-refractivity contribution in [2.75, 3.05) is 13.1 Å². The second-order valence-corrected chi connectivity index (χ2v) is 9.59. The lowest BCUT2D eigenvalue weighted by Crippen LogP contribution is -2.32. The average Bonchev–Trinajstić information content (AvgIpc) is 3.48. The van der Waals surface area contributed by atoms with Gasteiger partial charge in [-0.25, -0.2) is 4.99 Å². The normalized spacial score (nSPS) is 18.0. The number of aromatic nitrogens is 2. The molecule has 188 valence electrons. The predicted molar refractivity (Wildman–Crippen MR) is 145 cm³/mol. The maximum absolute atomic E-state index is 9.98. The van der Waals surface area contributed by atoms with E-state index in [-0.39, 0.29) is 17.6 Å². The molecule has 1 saturated heterocycles. The Kier molecular flexibility index (Phi) is 8.32. The highest BCUT2D eigenvalue weighted by atomic mass is 16.3. The number of carbonyl (C=O) groups is 1. The Bertz CT molecular complexity index is 1240. The molecule has 0 saturated carbocycles. The van der Waals surface area contributed by atoms with Crippen molar-refractivity contribution >= 4 is 17.9 Å². The van der Waals surface area contributed by atoms with Gasteiger partial charge in [-0.2, -0.15) is 5.10 Å². The number of aromatic amines is 1. The van der Waals surface area contributed by atoms with Crippen LogP contribution in [0.25, 0.3) is 5.70 Å². The number of amides is 1. The van der Waals surface area contributed by atoms with E-state index >= 15 is 0 Å². The molecule has 0 unspecified atom stereocenters. The minimum atomic E-state index is -0.149. The van der Waals surface area contributed by atoms with Crippen molar-refractivity contribution in [2.24, 2.45) is 16.1 Å². The van der Waals surface area contributed by atoms with Crippen LogP contribution in [0.3, 0.4) is 0 Å². The quantitative estimate of drug-likeness (QED) is 0.486. The number of H-pyrrole nitrogens is 1. The Morgan fingerprint density at radius 2 is 2.06 bits per heavy atom. The molecule has 0 radical (unpaired) electrons. The van der Waals surface area contributed by atoms with Crippen LogP contribution >= 0.6 is 0 Å². The molecule has 5 N–H and O–H groups in total. The van der Waals surface area contributed by atoms with E-state index in [9.17, 15) is 5.11 Å². The van der Waals surface area contributed by atoms with Crippen molar-refractivity contribution in [3.05, 3.63) is 102 Å². The summed E-state index contributed by atoms with van der Waals surface area (Å²) in [6.45, 7) is 16.1. The Balaban J connectivity index is 0.00000115. The van der Waals surface area contributed by atoms with Gasteiger partial charge in [0.2, 0.25) is 6.41 Å². The van der Waals surface area contributed by atoms with Gasteiger partial charge in [0.15, 0.2) is 0 Å². The van der Waals surface area contributed by atoms with Gasteiger partial charge in [0.25, 0.3) is 0 Å². The lowest BCUT2D eigenvalue weighted by atomic mass is 9.82. The molecule has 1 aromatic heterocycles. The molecule has 0 spiro atoms. The van der Waals surface area contributed by atoms with Crippen molar-refractivity contribution in [1.82, 2.24) is 20.4 Å². The van der Waals surface area contributed by atoms with Crippen LogP contribution in [-0.2, 0) is 11.2 Å². The Labute approximate surface area is 212 Å². The Morgan fingerprint density at radius 1 is 1.31 bits per heavy atom. The highest BCUT2D eigenvalue weighted by molar-refractivity contribution is 6.02. The van der Waals surface area contributed by atoms with Crippen LogP contribution in [0, 0.1) is 5.41 Å². The number of aromatic hydroxyl groups is 1. The summed E-state index contributed by atoms with van der Waals surface area (Å²) in [5.41, 5.74) is 10.4. The number of phenolic OH excluding ortho intramolecular Hbond substituents is 1. The van der Waals surface area contributed by atoms with E-state index < -0.39 is 0 Å². The van der Waals surface area contributed by atoms with Crippen LogP contribution in [0.1, 0.15) is 31.9 Å². The number of hydrogen-bond donors (Lipinski definition) is 4. The summed E-state index contributed by atoms with van der Waals surface area (Å²) in [5.74, 6) is 1.97. The largest absolute Gasteiger partial charge is 0.508 e. The van der Waals surface area contributed by atoms with Gasteiger partial charge in [0.05, 0.1) is 11.9 Å². The summed E-state index contributed by atoms with van der Waals surface area (Å²) in [5, 5.41) is 20.6. The van der Waals surface area contributed by atoms with Crippen LogP contribution in [-0.4, -0.2) is 45.5 Å². The van der Waals surface area contributed by atoms with Crippen molar-refractivity contribution in [2.45, 2.75) is 27.2 Å². The molecular weight excluding hydrogens is 452 g/mol. The molecule has 3 heterocycles. The molecule has 8 nitrogen and oxygen atoms in total. The van der Waals surface area contributed by atoms with Crippen LogP contribution in [0.15, 0.2) is 95.6 Å². The fourth-order valence-corrected chi connectivity index (χ4v) is 4.08. The number of rotatable bonds is 4. The van der Waals surface area contributed by atoms with Gasteiger partial charge in [-0.3, -0.25) is 9.89 Å². The van der Waals surface area contributed by atoms with Gasteiger partial charge in [0.1, 0.15) is 17.4 Å². The molecule has 0 aliphatic carbocycles. The molecule has 8 heteroatoms. The highest BCUT2D eigenvalue weighted by Crippen LogP contribution is 2.34. The lowest BCUT2D eigenvalue weighted by Gasteiger charge is -2.30. The molecular formula is C28H34N6O2. The minimum absolute atomic E-state index is 0.149. The van der Waals surface area contributed by atoms with Crippen molar-refractivity contribution in [3.63, 3.8) is 0 Å². The fourth-order valence-electron chi connectivity index (χ4n) is 4.08. The summed E-state index contributed by atoms with van der Waals surface area (Å²) in [6.07, 6.45) is 10.5. The zero-order chi connectivity index (χ0) is 26.3. The number of carbonyl (C=O) groups excluding carboxylic acids is 1. The maximum atomic E-state index is 9.98. The maximum Gasteiger partial charge on any atom is 0.204 e. The number of aliphatic imine (C=N–C) groups is 1. The third-order valence-corrected chi connectivity index (χ3v) is 5.88. The molecule has 2 aliphatic rings. The van der Waals surface area contributed by atoms with Crippen LogP contribution in [0.2, 0.25) is 0 Å². The molecule has 1 aromatic carbocycles. The summed E-state index contributed by atoms with van der Waals surface area (Å²) < 4.78 is 0. The van der Waals surface area contributed by atoms with E-state index in [0.717, 1.165) is 52.7 Å². The number of allylic oxidation sites excluding steroid dienone is 3. The van der Waals surface area contributed by atoms with E-state index in [1.165, 1.54) is 5.57 Å².